The van der Waals surface area contributed by atoms with Gasteiger partial charge in [0.15, 0.2) is 0 Å². The van der Waals surface area contributed by atoms with E-state index in [1.165, 1.54) is 18.4 Å². The lowest BCUT2D eigenvalue weighted by molar-refractivity contribution is -0.140. The largest absolute Gasteiger partial charge is 0.339 e. The van der Waals surface area contributed by atoms with Gasteiger partial charge in [-0.05, 0) is 61.2 Å². The van der Waals surface area contributed by atoms with E-state index in [2.05, 4.69) is 46.7 Å². The van der Waals surface area contributed by atoms with Crippen LogP contribution in [0.3, 0.4) is 0 Å². The van der Waals surface area contributed by atoms with E-state index in [0.29, 0.717) is 11.8 Å². The SMILES string of the molecule is CC(C)[C@@H](C(=O)N1CCN(C(c2ccc(Cl)cc2)c2ccccc2Cl)CC1)N1CCCC1. The summed E-state index contributed by atoms with van der Waals surface area (Å²) in [6.45, 7) is 9.54. The van der Waals surface area contributed by atoms with Gasteiger partial charge >= 0.3 is 0 Å². The first-order valence-corrected chi connectivity index (χ1v) is 12.5. The average molecular weight is 474 g/mol. The van der Waals surface area contributed by atoms with Crippen LogP contribution >= 0.6 is 23.2 Å². The van der Waals surface area contributed by atoms with E-state index < -0.39 is 0 Å². The Labute approximate surface area is 202 Å². The highest BCUT2D eigenvalue weighted by atomic mass is 35.5. The molecule has 1 amide bonds. The number of nitrogens with zero attached hydrogens (tertiary/aromatic N) is 3. The van der Waals surface area contributed by atoms with Crippen LogP contribution in [0.5, 0.6) is 0 Å². The van der Waals surface area contributed by atoms with Gasteiger partial charge < -0.3 is 4.90 Å². The molecule has 2 heterocycles. The minimum Gasteiger partial charge on any atom is -0.339 e. The number of halogens is 2. The minimum atomic E-state index is -0.000296. The van der Waals surface area contributed by atoms with Crippen molar-refractivity contribution in [3.63, 3.8) is 0 Å². The van der Waals surface area contributed by atoms with Crippen molar-refractivity contribution in [2.45, 2.75) is 38.8 Å². The predicted molar refractivity (Wildman–Crippen MR) is 132 cm³/mol. The number of carbonyl (C=O) groups excluding carboxylic acids is 1. The molecule has 4 rings (SSSR count). The number of likely N-dealkylation sites (tertiary alicyclic amines) is 1. The fraction of sp³-hybridized carbons (Fsp3) is 0.500. The van der Waals surface area contributed by atoms with Gasteiger partial charge in [0.25, 0.3) is 0 Å². The molecule has 2 saturated heterocycles. The van der Waals surface area contributed by atoms with E-state index in [-0.39, 0.29) is 12.1 Å². The zero-order chi connectivity index (χ0) is 22.7. The molecule has 0 aromatic heterocycles. The number of hydrogen-bond acceptors (Lipinski definition) is 3. The van der Waals surface area contributed by atoms with Crippen molar-refractivity contribution in [2.24, 2.45) is 5.92 Å². The Hall–Kier alpha value is -1.59. The Morgan fingerprint density at radius 1 is 0.812 bits per heavy atom. The molecule has 32 heavy (non-hydrogen) atoms. The molecule has 0 N–H and O–H groups in total. The summed E-state index contributed by atoms with van der Waals surface area (Å²) in [4.78, 5) is 20.4. The molecule has 0 radical (unpaired) electrons. The first-order chi connectivity index (χ1) is 15.5. The third kappa shape index (κ3) is 5.14. The molecule has 2 aromatic carbocycles. The van der Waals surface area contributed by atoms with Crippen molar-refractivity contribution in [1.29, 1.82) is 0 Å². The third-order valence-corrected chi connectivity index (χ3v) is 7.39. The molecular formula is C26H33Cl2N3O. The van der Waals surface area contributed by atoms with E-state index in [0.717, 1.165) is 54.9 Å². The second kappa shape index (κ2) is 10.6. The molecule has 0 aliphatic carbocycles. The summed E-state index contributed by atoms with van der Waals surface area (Å²) in [5.74, 6) is 0.617. The highest BCUT2D eigenvalue weighted by Gasteiger charge is 2.36. The molecule has 2 atom stereocenters. The Morgan fingerprint density at radius 3 is 2.03 bits per heavy atom. The van der Waals surface area contributed by atoms with E-state index in [1.54, 1.807) is 0 Å². The number of amides is 1. The molecule has 4 nitrogen and oxygen atoms in total. The summed E-state index contributed by atoms with van der Waals surface area (Å²) < 4.78 is 0. The highest BCUT2D eigenvalue weighted by Crippen LogP contribution is 2.34. The predicted octanol–water partition coefficient (Wildman–Crippen LogP) is 5.35. The summed E-state index contributed by atoms with van der Waals surface area (Å²) in [6, 6.07) is 16.1. The van der Waals surface area contributed by atoms with Gasteiger partial charge in [-0.2, -0.15) is 0 Å². The molecule has 0 spiro atoms. The first-order valence-electron chi connectivity index (χ1n) is 11.7. The Kier molecular flexibility index (Phi) is 7.78. The summed E-state index contributed by atoms with van der Waals surface area (Å²) in [6.07, 6.45) is 2.40. The van der Waals surface area contributed by atoms with Crippen LogP contribution in [0.25, 0.3) is 0 Å². The van der Waals surface area contributed by atoms with Crippen LogP contribution in [-0.4, -0.2) is 65.9 Å². The molecule has 172 valence electrons. The molecular weight excluding hydrogens is 441 g/mol. The van der Waals surface area contributed by atoms with Crippen LogP contribution in [0.2, 0.25) is 10.0 Å². The van der Waals surface area contributed by atoms with E-state index >= 15 is 0 Å². The van der Waals surface area contributed by atoms with Gasteiger partial charge in [0.2, 0.25) is 5.91 Å². The van der Waals surface area contributed by atoms with Gasteiger partial charge in [0.1, 0.15) is 0 Å². The third-order valence-electron chi connectivity index (χ3n) is 6.80. The Bertz CT molecular complexity index is 904. The van der Waals surface area contributed by atoms with Crippen molar-refractivity contribution in [3.8, 4) is 0 Å². The van der Waals surface area contributed by atoms with Crippen molar-refractivity contribution in [3.05, 3.63) is 69.7 Å². The fourth-order valence-electron chi connectivity index (χ4n) is 5.20. The van der Waals surface area contributed by atoms with E-state index in [4.69, 9.17) is 23.2 Å². The maximum absolute atomic E-state index is 13.5. The zero-order valence-corrected chi connectivity index (χ0v) is 20.5. The molecule has 2 aliphatic heterocycles. The van der Waals surface area contributed by atoms with Crippen molar-refractivity contribution < 1.29 is 4.79 Å². The maximum Gasteiger partial charge on any atom is 0.240 e. The highest BCUT2D eigenvalue weighted by molar-refractivity contribution is 6.31. The zero-order valence-electron chi connectivity index (χ0n) is 19.0. The quantitative estimate of drug-likeness (QED) is 0.565. The second-order valence-corrected chi connectivity index (χ2v) is 10.1. The normalized spacial score (nSPS) is 20.0. The van der Waals surface area contributed by atoms with Gasteiger partial charge in [0, 0.05) is 36.2 Å². The lowest BCUT2D eigenvalue weighted by Gasteiger charge is -2.42. The molecule has 2 aromatic rings. The summed E-state index contributed by atoms with van der Waals surface area (Å²) in [7, 11) is 0. The van der Waals surface area contributed by atoms with Crippen molar-refractivity contribution in [2.75, 3.05) is 39.3 Å². The number of benzene rings is 2. The van der Waals surface area contributed by atoms with Gasteiger partial charge in [-0.15, -0.1) is 0 Å². The van der Waals surface area contributed by atoms with Crippen molar-refractivity contribution >= 4 is 29.1 Å². The number of rotatable bonds is 6. The van der Waals surface area contributed by atoms with Crippen LogP contribution in [0.4, 0.5) is 0 Å². The van der Waals surface area contributed by atoms with E-state index in [9.17, 15) is 4.79 Å². The van der Waals surface area contributed by atoms with E-state index in [1.807, 2.05) is 30.3 Å². The van der Waals surface area contributed by atoms with Gasteiger partial charge in [-0.3, -0.25) is 14.6 Å². The van der Waals surface area contributed by atoms with Crippen LogP contribution in [0, 0.1) is 5.92 Å². The summed E-state index contributed by atoms with van der Waals surface area (Å²) >= 11 is 12.8. The monoisotopic (exact) mass is 473 g/mol. The van der Waals surface area contributed by atoms with Crippen LogP contribution in [-0.2, 0) is 4.79 Å². The topological polar surface area (TPSA) is 26.8 Å². The number of carbonyl (C=O) groups is 1. The Morgan fingerprint density at radius 2 is 1.44 bits per heavy atom. The van der Waals surface area contributed by atoms with Crippen LogP contribution in [0.15, 0.2) is 48.5 Å². The molecule has 6 heteroatoms. The maximum atomic E-state index is 13.5. The fourth-order valence-corrected chi connectivity index (χ4v) is 5.56. The smallest absolute Gasteiger partial charge is 0.240 e. The summed E-state index contributed by atoms with van der Waals surface area (Å²) in [5.41, 5.74) is 2.26. The van der Waals surface area contributed by atoms with Gasteiger partial charge in [-0.25, -0.2) is 0 Å². The number of piperazine rings is 1. The van der Waals surface area contributed by atoms with Crippen LogP contribution < -0.4 is 0 Å². The van der Waals surface area contributed by atoms with Crippen LogP contribution in [0.1, 0.15) is 43.9 Å². The van der Waals surface area contributed by atoms with Crippen molar-refractivity contribution in [1.82, 2.24) is 14.7 Å². The number of hydrogen-bond donors (Lipinski definition) is 0. The molecule has 2 fully saturated rings. The minimum absolute atomic E-state index is 0.000296. The van der Waals surface area contributed by atoms with Gasteiger partial charge in [-0.1, -0.05) is 67.4 Å². The lowest BCUT2D eigenvalue weighted by atomic mass is 9.96. The Balaban J connectivity index is 1.51. The first kappa shape index (κ1) is 23.6. The van der Waals surface area contributed by atoms with Gasteiger partial charge in [0.05, 0.1) is 12.1 Å². The second-order valence-electron chi connectivity index (χ2n) is 9.27. The lowest BCUT2D eigenvalue weighted by Crippen LogP contribution is -2.56. The molecule has 2 aliphatic rings. The molecule has 0 bridgehead atoms. The average Bonchev–Trinajstić information content (AvgIpc) is 3.31. The summed E-state index contributed by atoms with van der Waals surface area (Å²) in [5, 5.41) is 1.49. The molecule has 1 unspecified atom stereocenters. The standard InChI is InChI=1S/C26H33Cl2N3O/c1-19(2)24(29-13-5-6-14-29)26(32)31-17-15-30(16-18-31)25(20-9-11-21(27)12-10-20)22-7-3-4-8-23(22)28/h3-4,7-12,19,24-25H,5-6,13-18H2,1-2H3/t24-,25?/m0/s1. The molecule has 0 saturated carbocycles.